The van der Waals surface area contributed by atoms with Crippen LogP contribution >= 0.6 is 23.1 Å². The first-order valence-corrected chi connectivity index (χ1v) is 8.01. The van der Waals surface area contributed by atoms with Crippen LogP contribution in [0.5, 0.6) is 0 Å². The molecule has 0 fully saturated rings. The zero-order valence-corrected chi connectivity index (χ0v) is 12.5. The van der Waals surface area contributed by atoms with Gasteiger partial charge in [-0.15, -0.1) is 11.3 Å². The molecular weight excluding hydrogens is 282 g/mol. The van der Waals surface area contributed by atoms with Crippen molar-refractivity contribution in [3.8, 4) is 0 Å². The lowest BCUT2D eigenvalue weighted by Gasteiger charge is -2.08. The number of carbonyl (C=O) groups is 2. The van der Waals surface area contributed by atoms with Crippen molar-refractivity contribution >= 4 is 41.1 Å². The van der Waals surface area contributed by atoms with E-state index in [4.69, 9.17) is 5.11 Å². The summed E-state index contributed by atoms with van der Waals surface area (Å²) in [7, 11) is 0. The molecule has 0 saturated carbocycles. The van der Waals surface area contributed by atoms with Gasteiger partial charge in [0.1, 0.15) is 0 Å². The topological polar surface area (TPSA) is 66.4 Å². The quantitative estimate of drug-likeness (QED) is 0.760. The van der Waals surface area contributed by atoms with E-state index in [0.29, 0.717) is 22.2 Å². The summed E-state index contributed by atoms with van der Waals surface area (Å²) < 4.78 is 0. The number of carbonyl (C=O) groups excluding carboxylic acids is 1. The molecule has 1 aromatic rings. The SMILES string of the molecule is CSC(C)CCNC(=O)c1sccc1/C=C/C(=O)O. The molecule has 0 aliphatic carbocycles. The highest BCUT2D eigenvalue weighted by Crippen LogP contribution is 2.18. The summed E-state index contributed by atoms with van der Waals surface area (Å²) in [5.41, 5.74) is 0.641. The van der Waals surface area contributed by atoms with Gasteiger partial charge in [-0.25, -0.2) is 4.79 Å². The number of hydrogen-bond donors (Lipinski definition) is 2. The molecule has 1 aromatic heterocycles. The third-order valence-electron chi connectivity index (χ3n) is 2.55. The van der Waals surface area contributed by atoms with Crippen molar-refractivity contribution in [3.05, 3.63) is 28.0 Å². The minimum atomic E-state index is -1.02. The molecule has 19 heavy (non-hydrogen) atoms. The molecule has 0 aromatic carbocycles. The van der Waals surface area contributed by atoms with Gasteiger partial charge < -0.3 is 10.4 Å². The van der Waals surface area contributed by atoms with E-state index in [0.717, 1.165) is 12.5 Å². The second-order valence-corrected chi connectivity index (χ2v) is 6.16. The molecule has 2 N–H and O–H groups in total. The lowest BCUT2D eigenvalue weighted by atomic mass is 10.2. The summed E-state index contributed by atoms with van der Waals surface area (Å²) in [6, 6.07) is 1.74. The van der Waals surface area contributed by atoms with E-state index < -0.39 is 5.97 Å². The first kappa shape index (κ1) is 15.8. The van der Waals surface area contributed by atoms with E-state index in [1.165, 1.54) is 17.4 Å². The van der Waals surface area contributed by atoms with Gasteiger partial charge in [-0.1, -0.05) is 6.92 Å². The van der Waals surface area contributed by atoms with E-state index in [2.05, 4.69) is 12.2 Å². The maximum atomic E-state index is 12.0. The summed E-state index contributed by atoms with van der Waals surface area (Å²) in [5, 5.41) is 13.7. The summed E-state index contributed by atoms with van der Waals surface area (Å²) in [4.78, 5) is 23.0. The smallest absolute Gasteiger partial charge is 0.328 e. The normalized spacial score (nSPS) is 12.5. The Balaban J connectivity index is 2.58. The van der Waals surface area contributed by atoms with Crippen molar-refractivity contribution < 1.29 is 14.7 Å². The lowest BCUT2D eigenvalue weighted by Crippen LogP contribution is -2.25. The first-order valence-electron chi connectivity index (χ1n) is 5.84. The van der Waals surface area contributed by atoms with Gasteiger partial charge in [0.2, 0.25) is 0 Å². The number of amides is 1. The van der Waals surface area contributed by atoms with Crippen molar-refractivity contribution in [3.63, 3.8) is 0 Å². The first-order chi connectivity index (χ1) is 9.04. The molecule has 4 nitrogen and oxygen atoms in total. The summed E-state index contributed by atoms with van der Waals surface area (Å²) >= 11 is 3.08. The van der Waals surface area contributed by atoms with Gasteiger partial charge in [0, 0.05) is 17.9 Å². The minimum Gasteiger partial charge on any atom is -0.478 e. The average molecular weight is 299 g/mol. The number of thiophene rings is 1. The van der Waals surface area contributed by atoms with Crippen LogP contribution in [-0.4, -0.2) is 35.0 Å². The Labute approximate surface area is 120 Å². The highest BCUT2D eigenvalue weighted by molar-refractivity contribution is 7.99. The van der Waals surface area contributed by atoms with Crippen LogP contribution in [0.4, 0.5) is 0 Å². The molecule has 1 amide bonds. The summed E-state index contributed by atoms with van der Waals surface area (Å²) in [6.45, 7) is 2.74. The average Bonchev–Trinajstić information content (AvgIpc) is 2.84. The van der Waals surface area contributed by atoms with Crippen LogP contribution < -0.4 is 5.32 Å². The molecule has 0 aliphatic rings. The van der Waals surface area contributed by atoms with Crippen molar-refractivity contribution in [1.82, 2.24) is 5.32 Å². The second kappa shape index (κ2) is 8.01. The standard InChI is InChI=1S/C13H17NO3S2/c1-9(18-2)5-7-14-13(17)12-10(6-8-19-12)3-4-11(15)16/h3-4,6,8-9H,5,7H2,1-2H3,(H,14,17)(H,15,16)/b4-3+. The maximum absolute atomic E-state index is 12.0. The van der Waals surface area contributed by atoms with E-state index in [1.54, 1.807) is 23.2 Å². The van der Waals surface area contributed by atoms with Crippen LogP contribution in [0.2, 0.25) is 0 Å². The Hall–Kier alpha value is -1.27. The van der Waals surface area contributed by atoms with Gasteiger partial charge >= 0.3 is 5.97 Å². The molecule has 1 unspecified atom stereocenters. The van der Waals surface area contributed by atoms with Gasteiger partial charge in [-0.2, -0.15) is 11.8 Å². The maximum Gasteiger partial charge on any atom is 0.328 e. The van der Waals surface area contributed by atoms with Crippen LogP contribution in [-0.2, 0) is 4.79 Å². The Morgan fingerprint density at radius 2 is 2.32 bits per heavy atom. The predicted molar refractivity (Wildman–Crippen MR) is 80.9 cm³/mol. The van der Waals surface area contributed by atoms with E-state index >= 15 is 0 Å². The fourth-order valence-electron chi connectivity index (χ4n) is 1.38. The third-order valence-corrected chi connectivity index (χ3v) is 4.52. The van der Waals surface area contributed by atoms with Gasteiger partial charge in [-0.05, 0) is 35.8 Å². The summed E-state index contributed by atoms with van der Waals surface area (Å²) in [5.74, 6) is -1.17. The molecule has 0 radical (unpaired) electrons. The number of carboxylic acid groups (broad SMARTS) is 1. The van der Waals surface area contributed by atoms with Crippen LogP contribution in [0, 0.1) is 0 Å². The highest BCUT2D eigenvalue weighted by Gasteiger charge is 2.11. The summed E-state index contributed by atoms with van der Waals surface area (Å²) in [6.07, 6.45) is 5.44. The Morgan fingerprint density at radius 1 is 1.58 bits per heavy atom. The van der Waals surface area contributed by atoms with Crippen LogP contribution in [0.3, 0.4) is 0 Å². The lowest BCUT2D eigenvalue weighted by molar-refractivity contribution is -0.131. The monoisotopic (exact) mass is 299 g/mol. The largest absolute Gasteiger partial charge is 0.478 e. The number of hydrogen-bond acceptors (Lipinski definition) is 4. The van der Waals surface area contributed by atoms with Gasteiger partial charge in [-0.3, -0.25) is 4.79 Å². The molecule has 0 spiro atoms. The molecule has 0 saturated heterocycles. The molecule has 0 aliphatic heterocycles. The predicted octanol–water partition coefficient (Wildman–Crippen LogP) is 2.72. The van der Waals surface area contributed by atoms with Gasteiger partial charge in [0.25, 0.3) is 5.91 Å². The zero-order valence-electron chi connectivity index (χ0n) is 10.9. The fraction of sp³-hybridized carbons (Fsp3) is 0.385. The Kier molecular flexibility index (Phi) is 6.66. The van der Waals surface area contributed by atoms with Crippen LogP contribution in [0.15, 0.2) is 17.5 Å². The van der Waals surface area contributed by atoms with Crippen molar-refractivity contribution in [2.45, 2.75) is 18.6 Å². The van der Waals surface area contributed by atoms with Crippen molar-refractivity contribution in [1.29, 1.82) is 0 Å². The number of aliphatic carboxylic acids is 1. The van der Waals surface area contributed by atoms with Gasteiger partial charge in [0.15, 0.2) is 0 Å². The van der Waals surface area contributed by atoms with Crippen LogP contribution in [0.25, 0.3) is 6.08 Å². The molecule has 104 valence electrons. The van der Waals surface area contributed by atoms with E-state index in [-0.39, 0.29) is 5.91 Å². The van der Waals surface area contributed by atoms with Gasteiger partial charge in [0.05, 0.1) is 4.88 Å². The Morgan fingerprint density at radius 3 is 2.95 bits per heavy atom. The molecule has 0 bridgehead atoms. The van der Waals surface area contributed by atoms with E-state index in [9.17, 15) is 9.59 Å². The van der Waals surface area contributed by atoms with Crippen molar-refractivity contribution in [2.24, 2.45) is 0 Å². The van der Waals surface area contributed by atoms with Crippen LogP contribution in [0.1, 0.15) is 28.6 Å². The van der Waals surface area contributed by atoms with E-state index in [1.807, 2.05) is 6.26 Å². The Bertz CT molecular complexity index is 468. The third kappa shape index (κ3) is 5.48. The number of carboxylic acids is 1. The zero-order chi connectivity index (χ0) is 14.3. The molecular formula is C13H17NO3S2. The molecule has 1 rings (SSSR count). The molecule has 6 heteroatoms. The fourth-order valence-corrected chi connectivity index (χ4v) is 2.54. The highest BCUT2D eigenvalue weighted by atomic mass is 32.2. The number of thioether (sulfide) groups is 1. The molecule has 1 heterocycles. The second-order valence-electron chi connectivity index (χ2n) is 3.97. The number of nitrogens with one attached hydrogen (secondary N) is 1. The minimum absolute atomic E-state index is 0.145. The van der Waals surface area contributed by atoms with Crippen molar-refractivity contribution in [2.75, 3.05) is 12.8 Å². The molecule has 1 atom stereocenters. The number of rotatable bonds is 7.